The first-order valence-corrected chi connectivity index (χ1v) is 4.77. The topological polar surface area (TPSA) is 91.7 Å². The van der Waals surface area contributed by atoms with E-state index in [9.17, 15) is 17.6 Å². The third-order valence-corrected chi connectivity index (χ3v) is 2.34. The molecule has 0 aliphatic heterocycles. The monoisotopic (exact) mass is 220 g/mol. The zero-order valence-corrected chi connectivity index (χ0v) is 7.45. The number of carboxylic acids is 1. The number of benzene rings is 1. The number of carboxylic acid groups (broad SMARTS) is 1. The van der Waals surface area contributed by atoms with Crippen molar-refractivity contribution in [2.24, 2.45) is 0 Å². The Morgan fingerprint density at radius 3 is 2.36 bits per heavy atom. The van der Waals surface area contributed by atoms with E-state index in [0.29, 0.717) is 0 Å². The van der Waals surface area contributed by atoms with Gasteiger partial charge in [-0.3, -0.25) is 4.55 Å². The standard InChI is InChI=1S/C7H5FO5S/c8-6-4(7(9)10)2-1-3-5(6)14(11,12)13/h1-3H,(H,9,10)(H,11,12,13). The zero-order valence-electron chi connectivity index (χ0n) is 6.64. The summed E-state index contributed by atoms with van der Waals surface area (Å²) in [5.74, 6) is -3.07. The van der Waals surface area contributed by atoms with E-state index in [2.05, 4.69) is 0 Å². The second-order valence-electron chi connectivity index (χ2n) is 2.40. The Morgan fingerprint density at radius 2 is 1.93 bits per heavy atom. The third kappa shape index (κ3) is 1.88. The quantitative estimate of drug-likeness (QED) is 0.718. The molecule has 0 radical (unpaired) electrons. The molecule has 76 valence electrons. The molecule has 0 aliphatic rings. The van der Waals surface area contributed by atoms with Crippen molar-refractivity contribution in [2.75, 3.05) is 0 Å². The summed E-state index contributed by atoms with van der Waals surface area (Å²) in [5.41, 5.74) is -0.805. The van der Waals surface area contributed by atoms with Gasteiger partial charge in [0.15, 0.2) is 5.82 Å². The van der Waals surface area contributed by atoms with E-state index >= 15 is 0 Å². The highest BCUT2D eigenvalue weighted by Crippen LogP contribution is 2.17. The normalized spacial score (nSPS) is 11.3. The van der Waals surface area contributed by atoms with Gasteiger partial charge in [0, 0.05) is 0 Å². The fraction of sp³-hybridized carbons (Fsp3) is 0. The Kier molecular flexibility index (Phi) is 2.54. The molecule has 1 rings (SSSR count). The molecule has 1 aromatic carbocycles. The summed E-state index contributed by atoms with van der Waals surface area (Å²) >= 11 is 0. The average molecular weight is 220 g/mol. The Morgan fingerprint density at radius 1 is 1.36 bits per heavy atom. The number of hydrogen-bond donors (Lipinski definition) is 2. The Hall–Kier alpha value is -1.47. The van der Waals surface area contributed by atoms with Gasteiger partial charge in [-0.2, -0.15) is 8.42 Å². The molecule has 0 unspecified atom stereocenters. The Bertz CT molecular complexity index is 479. The molecule has 0 fully saturated rings. The summed E-state index contributed by atoms with van der Waals surface area (Å²) in [6.07, 6.45) is 0. The molecule has 0 atom stereocenters. The molecular formula is C7H5FO5S. The minimum Gasteiger partial charge on any atom is -0.478 e. The van der Waals surface area contributed by atoms with Crippen molar-refractivity contribution in [3.05, 3.63) is 29.6 Å². The van der Waals surface area contributed by atoms with E-state index < -0.39 is 32.4 Å². The maximum atomic E-state index is 13.1. The largest absolute Gasteiger partial charge is 0.478 e. The summed E-state index contributed by atoms with van der Waals surface area (Å²) in [7, 11) is -4.73. The molecule has 2 N–H and O–H groups in total. The van der Waals surface area contributed by atoms with E-state index in [1.165, 1.54) is 0 Å². The van der Waals surface area contributed by atoms with Gasteiger partial charge in [-0.1, -0.05) is 6.07 Å². The summed E-state index contributed by atoms with van der Waals surface area (Å²) in [5, 5.41) is 8.44. The van der Waals surface area contributed by atoms with E-state index in [0.717, 1.165) is 18.2 Å². The number of aromatic carboxylic acids is 1. The van der Waals surface area contributed by atoms with Gasteiger partial charge in [0.1, 0.15) is 4.90 Å². The second kappa shape index (κ2) is 3.35. The fourth-order valence-electron chi connectivity index (χ4n) is 0.875. The number of rotatable bonds is 2. The smallest absolute Gasteiger partial charge is 0.338 e. The van der Waals surface area contributed by atoms with Crippen molar-refractivity contribution in [1.29, 1.82) is 0 Å². The van der Waals surface area contributed by atoms with Crippen LogP contribution in [0.3, 0.4) is 0 Å². The molecule has 0 bridgehead atoms. The van der Waals surface area contributed by atoms with E-state index in [1.807, 2.05) is 0 Å². The van der Waals surface area contributed by atoms with Gasteiger partial charge in [0.05, 0.1) is 5.56 Å². The molecule has 0 amide bonds. The van der Waals surface area contributed by atoms with E-state index in [-0.39, 0.29) is 0 Å². The first kappa shape index (κ1) is 10.6. The van der Waals surface area contributed by atoms with Crippen LogP contribution in [0.25, 0.3) is 0 Å². The SMILES string of the molecule is O=C(O)c1cccc(S(=O)(=O)O)c1F. The lowest BCUT2D eigenvalue weighted by molar-refractivity contribution is 0.0691. The summed E-state index contributed by atoms with van der Waals surface area (Å²) in [6, 6.07) is 2.69. The van der Waals surface area contributed by atoms with Crippen LogP contribution in [0.1, 0.15) is 10.4 Å². The van der Waals surface area contributed by atoms with Crippen LogP contribution in [0.2, 0.25) is 0 Å². The molecule has 0 aromatic heterocycles. The van der Waals surface area contributed by atoms with Crippen LogP contribution in [0.4, 0.5) is 4.39 Å². The van der Waals surface area contributed by atoms with E-state index in [4.69, 9.17) is 9.66 Å². The lowest BCUT2D eigenvalue weighted by Crippen LogP contribution is -2.07. The molecule has 0 heterocycles. The zero-order chi connectivity index (χ0) is 10.9. The average Bonchev–Trinajstić information content (AvgIpc) is 2.01. The van der Waals surface area contributed by atoms with Crippen LogP contribution >= 0.6 is 0 Å². The number of hydrogen-bond acceptors (Lipinski definition) is 3. The summed E-state index contributed by atoms with van der Waals surface area (Å²) in [6.45, 7) is 0. The van der Waals surface area contributed by atoms with Gasteiger partial charge < -0.3 is 5.11 Å². The van der Waals surface area contributed by atoms with Crippen molar-refractivity contribution < 1.29 is 27.3 Å². The Balaban J connectivity index is 3.51. The van der Waals surface area contributed by atoms with Crippen LogP contribution < -0.4 is 0 Å². The lowest BCUT2D eigenvalue weighted by Gasteiger charge is -2.01. The molecule has 14 heavy (non-hydrogen) atoms. The molecule has 0 spiro atoms. The maximum Gasteiger partial charge on any atom is 0.338 e. The number of carbonyl (C=O) groups is 1. The highest BCUT2D eigenvalue weighted by Gasteiger charge is 2.21. The second-order valence-corrected chi connectivity index (χ2v) is 3.79. The van der Waals surface area contributed by atoms with Crippen LogP contribution in [-0.2, 0) is 10.1 Å². The number of halogens is 1. The van der Waals surface area contributed by atoms with Crippen molar-refractivity contribution in [3.8, 4) is 0 Å². The first-order chi connectivity index (χ1) is 6.34. The van der Waals surface area contributed by atoms with Gasteiger partial charge in [-0.05, 0) is 12.1 Å². The highest BCUT2D eigenvalue weighted by atomic mass is 32.2. The third-order valence-electron chi connectivity index (χ3n) is 1.47. The van der Waals surface area contributed by atoms with Crippen molar-refractivity contribution in [2.45, 2.75) is 4.90 Å². The summed E-state index contributed by atoms with van der Waals surface area (Å²) in [4.78, 5) is 9.34. The van der Waals surface area contributed by atoms with E-state index in [1.54, 1.807) is 0 Å². The van der Waals surface area contributed by atoms with Crippen LogP contribution in [0.5, 0.6) is 0 Å². The maximum absolute atomic E-state index is 13.1. The van der Waals surface area contributed by atoms with Gasteiger partial charge in [0.25, 0.3) is 10.1 Å². The van der Waals surface area contributed by atoms with Gasteiger partial charge in [-0.25, -0.2) is 9.18 Å². The molecule has 0 saturated carbocycles. The van der Waals surface area contributed by atoms with Gasteiger partial charge in [-0.15, -0.1) is 0 Å². The predicted molar refractivity (Wildman–Crippen MR) is 43.2 cm³/mol. The molecular weight excluding hydrogens is 215 g/mol. The minimum absolute atomic E-state index is 0.775. The summed E-state index contributed by atoms with van der Waals surface area (Å²) < 4.78 is 42.7. The predicted octanol–water partition coefficient (Wildman–Crippen LogP) is 0.771. The highest BCUT2D eigenvalue weighted by molar-refractivity contribution is 7.85. The fourth-order valence-corrected chi connectivity index (χ4v) is 1.46. The molecule has 0 aliphatic carbocycles. The van der Waals surface area contributed by atoms with Gasteiger partial charge >= 0.3 is 5.97 Å². The molecule has 0 saturated heterocycles. The molecule has 7 heteroatoms. The molecule has 5 nitrogen and oxygen atoms in total. The Labute approximate surface area is 78.5 Å². The minimum atomic E-state index is -4.73. The molecule has 1 aromatic rings. The first-order valence-electron chi connectivity index (χ1n) is 3.33. The van der Waals surface area contributed by atoms with Crippen molar-refractivity contribution in [3.63, 3.8) is 0 Å². The van der Waals surface area contributed by atoms with Gasteiger partial charge in [0.2, 0.25) is 0 Å². The lowest BCUT2D eigenvalue weighted by atomic mass is 10.2. The van der Waals surface area contributed by atoms with Crippen LogP contribution in [0, 0.1) is 5.82 Å². The van der Waals surface area contributed by atoms with Crippen LogP contribution in [-0.4, -0.2) is 24.0 Å². The van der Waals surface area contributed by atoms with Crippen molar-refractivity contribution in [1.82, 2.24) is 0 Å². The van der Waals surface area contributed by atoms with Crippen molar-refractivity contribution >= 4 is 16.1 Å². The van der Waals surface area contributed by atoms with Crippen LogP contribution in [0.15, 0.2) is 23.1 Å².